The Morgan fingerprint density at radius 3 is 1.11 bits per heavy atom. The quantitative estimate of drug-likeness (QED) is 0.0837. The summed E-state index contributed by atoms with van der Waals surface area (Å²) in [6, 6.07) is 13.6. The second-order valence-electron chi connectivity index (χ2n) is 12.0. The van der Waals surface area contributed by atoms with Crippen LogP contribution in [-0.2, 0) is 49.9 Å². The van der Waals surface area contributed by atoms with Gasteiger partial charge in [0.15, 0.2) is 0 Å². The van der Waals surface area contributed by atoms with Crippen LogP contribution in [0, 0.1) is 0 Å². The largest absolute Gasteiger partial charge is 0.543 e. The Morgan fingerprint density at radius 1 is 0.477 bits per heavy atom. The van der Waals surface area contributed by atoms with E-state index in [0.717, 1.165) is 36.8 Å². The van der Waals surface area contributed by atoms with Gasteiger partial charge in [-0.05, 0) is 59.1 Å². The summed E-state index contributed by atoms with van der Waals surface area (Å²) >= 11 is 0. The fourth-order valence-electron chi connectivity index (χ4n) is 3.73. The number of carbonyl (C=O) groups excluding carboxylic acids is 4. The minimum atomic E-state index is -1.13. The second kappa shape index (κ2) is 17.8. The van der Waals surface area contributed by atoms with Gasteiger partial charge in [0, 0.05) is 0 Å². The Labute approximate surface area is 257 Å². The lowest BCUT2D eigenvalue weighted by Crippen LogP contribution is -2.14. The van der Waals surface area contributed by atoms with Gasteiger partial charge in [-0.1, -0.05) is 91.5 Å². The monoisotopic (exact) mass is 618 g/mol. The van der Waals surface area contributed by atoms with Crippen molar-refractivity contribution in [3.05, 3.63) is 70.8 Å². The molecule has 44 heavy (non-hydrogen) atoms. The van der Waals surface area contributed by atoms with E-state index in [-0.39, 0.29) is 35.2 Å². The zero-order chi connectivity index (χ0) is 32.6. The number of benzene rings is 2. The molecule has 0 aliphatic heterocycles. The number of ether oxygens (including phenoxy) is 2. The zero-order valence-electron chi connectivity index (χ0n) is 26.2. The van der Waals surface area contributed by atoms with E-state index in [4.69, 9.17) is 9.47 Å². The van der Waals surface area contributed by atoms with Crippen LogP contribution in [0.25, 0.3) is 0 Å². The highest BCUT2D eigenvalue weighted by atomic mass is 17.5. The lowest BCUT2D eigenvalue weighted by Gasteiger charge is -2.18. The van der Waals surface area contributed by atoms with Crippen LogP contribution in [0.4, 0.5) is 9.59 Å². The first-order valence-electron chi connectivity index (χ1n) is 14.4. The van der Waals surface area contributed by atoms with Crippen molar-refractivity contribution in [1.29, 1.82) is 0 Å². The van der Waals surface area contributed by atoms with E-state index in [1.165, 1.54) is 0 Å². The number of hydrogen-bond acceptors (Lipinski definition) is 12. The van der Waals surface area contributed by atoms with Crippen molar-refractivity contribution in [1.82, 2.24) is 0 Å². The standard InChI is InChI=1S/C32H42O12/c1-31(2,3)25-17-13-23(14-18-25)27(33)39-43-41-29(35)37-21-11-9-7-8-10-12-22-38-30(36)42-44-40-28(34)24-15-19-26(20-16-24)32(4,5)6/h13-20H,7-12,21-22H2,1-6H3. The predicted molar refractivity (Wildman–Crippen MR) is 156 cm³/mol. The van der Waals surface area contributed by atoms with E-state index in [2.05, 4.69) is 71.2 Å². The highest BCUT2D eigenvalue weighted by molar-refractivity contribution is 5.89. The van der Waals surface area contributed by atoms with Crippen LogP contribution in [0.3, 0.4) is 0 Å². The summed E-state index contributed by atoms with van der Waals surface area (Å²) in [5, 5.41) is 8.45. The lowest BCUT2D eigenvalue weighted by atomic mass is 9.87. The molecule has 12 nitrogen and oxygen atoms in total. The number of hydrogen-bond donors (Lipinski definition) is 0. The number of carbonyl (C=O) groups is 4. The van der Waals surface area contributed by atoms with Crippen LogP contribution in [0.2, 0.25) is 0 Å². The summed E-state index contributed by atoms with van der Waals surface area (Å²) in [5.41, 5.74) is 2.47. The molecule has 0 unspecified atom stereocenters. The van der Waals surface area contributed by atoms with Crippen molar-refractivity contribution in [3.63, 3.8) is 0 Å². The molecule has 0 aliphatic carbocycles. The third-order valence-electron chi connectivity index (χ3n) is 6.38. The minimum Gasteiger partial charge on any atom is -0.432 e. The van der Waals surface area contributed by atoms with Gasteiger partial charge in [0.1, 0.15) is 0 Å². The van der Waals surface area contributed by atoms with Crippen molar-refractivity contribution in [2.24, 2.45) is 0 Å². The molecule has 0 aromatic heterocycles. The first-order valence-corrected chi connectivity index (χ1v) is 14.4. The van der Waals surface area contributed by atoms with E-state index in [9.17, 15) is 19.2 Å². The Kier molecular flexibility index (Phi) is 14.6. The molecule has 0 saturated heterocycles. The average Bonchev–Trinajstić information content (AvgIpc) is 2.97. The first-order chi connectivity index (χ1) is 20.8. The third-order valence-corrected chi connectivity index (χ3v) is 6.38. The Bertz CT molecular complexity index is 1100. The van der Waals surface area contributed by atoms with Crippen LogP contribution < -0.4 is 0 Å². The lowest BCUT2D eigenvalue weighted by molar-refractivity contribution is -0.452. The van der Waals surface area contributed by atoms with Gasteiger partial charge in [-0.2, -0.15) is 0 Å². The van der Waals surface area contributed by atoms with Crippen molar-refractivity contribution in [2.45, 2.75) is 90.9 Å². The van der Waals surface area contributed by atoms with Crippen LogP contribution >= 0.6 is 0 Å². The molecule has 242 valence electrons. The first kappa shape index (κ1) is 36.0. The summed E-state index contributed by atoms with van der Waals surface area (Å²) in [4.78, 5) is 64.5. The maximum Gasteiger partial charge on any atom is 0.543 e. The summed E-state index contributed by atoms with van der Waals surface area (Å²) in [5.74, 6) is -1.62. The van der Waals surface area contributed by atoms with Gasteiger partial charge in [0.2, 0.25) is 0 Å². The summed E-state index contributed by atoms with van der Waals surface area (Å²) in [6.45, 7) is 12.5. The van der Waals surface area contributed by atoms with E-state index in [1.54, 1.807) is 24.3 Å². The fourth-order valence-corrected chi connectivity index (χ4v) is 3.73. The third kappa shape index (κ3) is 13.9. The van der Waals surface area contributed by atoms with Crippen LogP contribution in [0.5, 0.6) is 0 Å². The molecule has 2 rings (SSSR count). The average molecular weight is 619 g/mol. The van der Waals surface area contributed by atoms with Crippen molar-refractivity contribution < 1.29 is 58.3 Å². The van der Waals surface area contributed by atoms with E-state index < -0.39 is 24.2 Å². The second-order valence-corrected chi connectivity index (χ2v) is 12.0. The molecule has 0 saturated carbocycles. The molecule has 0 amide bonds. The molecule has 0 fully saturated rings. The SMILES string of the molecule is CC(C)(C)c1ccc(C(=O)OOOC(=O)OCCCCCCCCOC(=O)OOOC(=O)c2ccc(C(C)(C)C)cc2)cc1. The predicted octanol–water partition coefficient (Wildman–Crippen LogP) is 7.64. The Hall–Kier alpha value is -4.16. The van der Waals surface area contributed by atoms with Gasteiger partial charge in [-0.3, -0.25) is 9.78 Å². The summed E-state index contributed by atoms with van der Waals surface area (Å²) in [6.07, 6.45) is 2.23. The van der Waals surface area contributed by atoms with Crippen molar-refractivity contribution in [3.8, 4) is 0 Å². The highest BCUT2D eigenvalue weighted by Gasteiger charge is 2.18. The van der Waals surface area contributed by atoms with Crippen LogP contribution in [0.15, 0.2) is 48.5 Å². The van der Waals surface area contributed by atoms with E-state index in [1.807, 2.05) is 24.3 Å². The van der Waals surface area contributed by atoms with E-state index in [0.29, 0.717) is 12.8 Å². The van der Waals surface area contributed by atoms with E-state index >= 15 is 0 Å². The topological polar surface area (TPSA) is 142 Å². The van der Waals surface area contributed by atoms with Gasteiger partial charge < -0.3 is 9.47 Å². The molecular formula is C32H42O12. The van der Waals surface area contributed by atoms with Gasteiger partial charge in [-0.25, -0.2) is 29.0 Å². The number of rotatable bonds is 15. The maximum absolute atomic E-state index is 12.0. The highest BCUT2D eigenvalue weighted by Crippen LogP contribution is 2.23. The Morgan fingerprint density at radius 2 is 0.795 bits per heavy atom. The molecule has 0 radical (unpaired) electrons. The molecule has 2 aromatic rings. The molecular weight excluding hydrogens is 576 g/mol. The van der Waals surface area contributed by atoms with Gasteiger partial charge in [0.05, 0.1) is 34.4 Å². The molecule has 2 aromatic carbocycles. The normalized spacial score (nSPS) is 11.3. The van der Waals surface area contributed by atoms with Crippen LogP contribution in [0.1, 0.15) is 112 Å². The fraction of sp³-hybridized carbons (Fsp3) is 0.500. The molecule has 0 spiro atoms. The number of unbranched alkanes of at least 4 members (excludes halogenated alkanes) is 5. The van der Waals surface area contributed by atoms with Gasteiger partial charge in [0.25, 0.3) is 0 Å². The van der Waals surface area contributed by atoms with Crippen molar-refractivity contribution in [2.75, 3.05) is 13.2 Å². The molecule has 0 N–H and O–H groups in total. The Balaban J connectivity index is 1.41. The smallest absolute Gasteiger partial charge is 0.432 e. The molecule has 12 heteroatoms. The molecule has 0 bridgehead atoms. The summed E-state index contributed by atoms with van der Waals surface area (Å²) in [7, 11) is 0. The minimum absolute atomic E-state index is 0.0586. The zero-order valence-corrected chi connectivity index (χ0v) is 26.2. The van der Waals surface area contributed by atoms with Crippen molar-refractivity contribution >= 4 is 24.2 Å². The molecule has 0 heterocycles. The van der Waals surface area contributed by atoms with Gasteiger partial charge >= 0.3 is 24.2 Å². The van der Waals surface area contributed by atoms with Crippen LogP contribution in [-0.4, -0.2) is 37.5 Å². The molecule has 0 aliphatic rings. The summed E-state index contributed by atoms with van der Waals surface area (Å²) < 4.78 is 9.70. The molecule has 0 atom stereocenters. The van der Waals surface area contributed by atoms with Gasteiger partial charge in [-0.15, -0.1) is 0 Å². The maximum atomic E-state index is 12.0.